The van der Waals surface area contributed by atoms with E-state index in [9.17, 15) is 9.59 Å². The van der Waals surface area contributed by atoms with Crippen molar-refractivity contribution in [2.24, 2.45) is 5.92 Å². The number of aryl methyl sites for hydroxylation is 1. The number of carbonyl (C=O) groups is 2. The first-order valence-electron chi connectivity index (χ1n) is 7.15. The lowest BCUT2D eigenvalue weighted by Gasteiger charge is -2.13. The van der Waals surface area contributed by atoms with Crippen LogP contribution in [0.4, 0.5) is 0 Å². The largest absolute Gasteiger partial charge is 0.356 e. The zero-order chi connectivity index (χ0) is 14.4. The van der Waals surface area contributed by atoms with Crippen LogP contribution >= 0.6 is 0 Å². The molecule has 0 spiro atoms. The van der Waals surface area contributed by atoms with E-state index >= 15 is 0 Å². The van der Waals surface area contributed by atoms with E-state index in [0.717, 1.165) is 12.8 Å². The second-order valence-corrected chi connectivity index (χ2v) is 5.08. The third-order valence-electron chi connectivity index (χ3n) is 3.66. The van der Waals surface area contributed by atoms with Crippen LogP contribution in [0.5, 0.6) is 0 Å². The maximum absolute atomic E-state index is 12.0. The van der Waals surface area contributed by atoms with Gasteiger partial charge in [-0.3, -0.25) is 14.6 Å². The predicted molar refractivity (Wildman–Crippen MR) is 75.9 cm³/mol. The van der Waals surface area contributed by atoms with E-state index in [4.69, 9.17) is 0 Å². The number of amides is 2. The van der Waals surface area contributed by atoms with Crippen LogP contribution < -0.4 is 5.32 Å². The van der Waals surface area contributed by atoms with Gasteiger partial charge in [0.05, 0.1) is 5.92 Å². The predicted octanol–water partition coefficient (Wildman–Crippen LogP) is 0.999. The minimum absolute atomic E-state index is 0.00373. The molecule has 108 valence electrons. The van der Waals surface area contributed by atoms with Crippen molar-refractivity contribution >= 4 is 11.8 Å². The monoisotopic (exact) mass is 275 g/mol. The Bertz CT molecular complexity index is 461. The minimum atomic E-state index is -0.177. The number of hydrogen-bond acceptors (Lipinski definition) is 3. The van der Waals surface area contributed by atoms with Crippen LogP contribution in [0, 0.1) is 5.92 Å². The summed E-state index contributed by atoms with van der Waals surface area (Å²) in [5.41, 5.74) is 1.22. The molecule has 1 fully saturated rings. The summed E-state index contributed by atoms with van der Waals surface area (Å²) in [4.78, 5) is 29.2. The van der Waals surface area contributed by atoms with Crippen molar-refractivity contribution in [3.05, 3.63) is 30.1 Å². The number of pyridine rings is 1. The first-order valence-corrected chi connectivity index (χ1v) is 7.15. The van der Waals surface area contributed by atoms with E-state index in [-0.39, 0.29) is 17.7 Å². The minimum Gasteiger partial charge on any atom is -0.356 e. The number of nitrogens with one attached hydrogen (secondary N) is 1. The molecule has 5 nitrogen and oxygen atoms in total. The molecule has 1 aromatic rings. The van der Waals surface area contributed by atoms with Gasteiger partial charge in [-0.05, 0) is 37.5 Å². The highest BCUT2D eigenvalue weighted by Crippen LogP contribution is 2.17. The van der Waals surface area contributed by atoms with Gasteiger partial charge in [0.2, 0.25) is 11.8 Å². The van der Waals surface area contributed by atoms with Gasteiger partial charge in [0.25, 0.3) is 0 Å². The van der Waals surface area contributed by atoms with Crippen molar-refractivity contribution in [3.63, 3.8) is 0 Å². The molecule has 1 aliphatic rings. The second-order valence-electron chi connectivity index (χ2n) is 5.08. The van der Waals surface area contributed by atoms with Crippen molar-refractivity contribution in [1.82, 2.24) is 15.2 Å². The van der Waals surface area contributed by atoms with Crippen molar-refractivity contribution < 1.29 is 9.59 Å². The highest BCUT2D eigenvalue weighted by atomic mass is 16.2. The van der Waals surface area contributed by atoms with Gasteiger partial charge in [-0.15, -0.1) is 0 Å². The Morgan fingerprint density at radius 2 is 2.20 bits per heavy atom. The van der Waals surface area contributed by atoms with Crippen molar-refractivity contribution in [3.8, 4) is 0 Å². The Balaban J connectivity index is 1.67. The van der Waals surface area contributed by atoms with E-state index in [0.29, 0.717) is 26.1 Å². The quantitative estimate of drug-likeness (QED) is 0.788. The van der Waals surface area contributed by atoms with Gasteiger partial charge in [0, 0.05) is 38.4 Å². The summed E-state index contributed by atoms with van der Waals surface area (Å²) in [6.07, 6.45) is 5.72. The lowest BCUT2D eigenvalue weighted by Crippen LogP contribution is -2.33. The summed E-state index contributed by atoms with van der Waals surface area (Å²) in [5, 5.41) is 2.93. The molecule has 1 aliphatic heterocycles. The molecule has 2 heterocycles. The maximum Gasteiger partial charge on any atom is 0.225 e. The number of carbonyl (C=O) groups excluding carboxylic acids is 2. The fourth-order valence-electron chi connectivity index (χ4n) is 2.45. The van der Waals surface area contributed by atoms with Gasteiger partial charge < -0.3 is 10.2 Å². The number of aromatic nitrogens is 1. The van der Waals surface area contributed by atoms with Crippen LogP contribution in [0.2, 0.25) is 0 Å². The van der Waals surface area contributed by atoms with Gasteiger partial charge in [0.1, 0.15) is 0 Å². The lowest BCUT2D eigenvalue weighted by atomic mass is 10.1. The first-order chi connectivity index (χ1) is 9.70. The summed E-state index contributed by atoms with van der Waals surface area (Å²) in [5.74, 6) is -0.0863. The van der Waals surface area contributed by atoms with E-state index in [2.05, 4.69) is 10.3 Å². The van der Waals surface area contributed by atoms with Gasteiger partial charge in [-0.1, -0.05) is 0 Å². The molecule has 1 N–H and O–H groups in total. The van der Waals surface area contributed by atoms with Crippen LogP contribution in [0.3, 0.4) is 0 Å². The summed E-state index contributed by atoms with van der Waals surface area (Å²) in [7, 11) is 0. The first kappa shape index (κ1) is 14.5. The normalized spacial score (nSPS) is 18.4. The fraction of sp³-hybridized carbons (Fsp3) is 0.533. The van der Waals surface area contributed by atoms with Gasteiger partial charge in [-0.25, -0.2) is 0 Å². The third-order valence-corrected chi connectivity index (χ3v) is 3.66. The highest BCUT2D eigenvalue weighted by Gasteiger charge is 2.32. The average Bonchev–Trinajstić information content (AvgIpc) is 2.86. The SMILES string of the molecule is CCN1CC(C(=O)NCCCc2ccncc2)CC1=O. The number of hydrogen-bond donors (Lipinski definition) is 1. The molecule has 0 aromatic carbocycles. The van der Waals surface area contributed by atoms with Crippen LogP contribution in [0.15, 0.2) is 24.5 Å². The molecule has 0 radical (unpaired) electrons. The van der Waals surface area contributed by atoms with Gasteiger partial charge >= 0.3 is 0 Å². The van der Waals surface area contributed by atoms with E-state index < -0.39 is 0 Å². The van der Waals surface area contributed by atoms with E-state index in [1.807, 2.05) is 19.1 Å². The zero-order valence-corrected chi connectivity index (χ0v) is 11.8. The molecular weight excluding hydrogens is 254 g/mol. The molecule has 2 rings (SSSR count). The Kier molecular flexibility index (Phi) is 5.09. The maximum atomic E-state index is 12.0. The second kappa shape index (κ2) is 7.03. The lowest BCUT2D eigenvalue weighted by molar-refractivity contribution is -0.128. The Morgan fingerprint density at radius 3 is 2.85 bits per heavy atom. The number of likely N-dealkylation sites (tertiary alicyclic amines) is 1. The Morgan fingerprint density at radius 1 is 1.45 bits per heavy atom. The molecule has 5 heteroatoms. The molecule has 0 saturated carbocycles. The van der Waals surface area contributed by atoms with Crippen molar-refractivity contribution in [2.45, 2.75) is 26.2 Å². The average molecular weight is 275 g/mol. The molecule has 20 heavy (non-hydrogen) atoms. The number of nitrogens with zero attached hydrogens (tertiary/aromatic N) is 2. The van der Waals surface area contributed by atoms with Gasteiger partial charge in [0.15, 0.2) is 0 Å². The summed E-state index contributed by atoms with van der Waals surface area (Å²) >= 11 is 0. The molecule has 1 atom stereocenters. The van der Waals surface area contributed by atoms with E-state index in [1.54, 1.807) is 17.3 Å². The molecule has 1 unspecified atom stereocenters. The molecule has 0 bridgehead atoms. The Hall–Kier alpha value is -1.91. The van der Waals surface area contributed by atoms with Crippen LogP contribution in [-0.2, 0) is 16.0 Å². The molecule has 1 saturated heterocycles. The zero-order valence-electron chi connectivity index (χ0n) is 11.8. The van der Waals surface area contributed by atoms with Crippen LogP contribution in [0.25, 0.3) is 0 Å². The van der Waals surface area contributed by atoms with Crippen molar-refractivity contribution in [1.29, 1.82) is 0 Å². The molecule has 1 aromatic heterocycles. The third kappa shape index (κ3) is 3.79. The van der Waals surface area contributed by atoms with E-state index in [1.165, 1.54) is 5.56 Å². The molecule has 2 amide bonds. The molecular formula is C15H21N3O2. The van der Waals surface area contributed by atoms with Gasteiger partial charge in [-0.2, -0.15) is 0 Å². The molecule has 0 aliphatic carbocycles. The topological polar surface area (TPSA) is 62.3 Å². The standard InChI is InChI=1S/C15H21N3O2/c1-2-18-11-13(10-14(18)19)15(20)17-7-3-4-12-5-8-16-9-6-12/h5-6,8-9,13H,2-4,7,10-11H2,1H3,(H,17,20). The van der Waals surface area contributed by atoms with Crippen LogP contribution in [-0.4, -0.2) is 41.3 Å². The summed E-state index contributed by atoms with van der Waals surface area (Å²) in [6.45, 7) is 3.83. The fourth-order valence-corrected chi connectivity index (χ4v) is 2.45. The smallest absolute Gasteiger partial charge is 0.225 e. The summed E-state index contributed by atoms with van der Waals surface area (Å²) < 4.78 is 0. The highest BCUT2D eigenvalue weighted by molar-refractivity contribution is 5.89. The van der Waals surface area contributed by atoms with Crippen LogP contribution in [0.1, 0.15) is 25.3 Å². The summed E-state index contributed by atoms with van der Waals surface area (Å²) in [6, 6.07) is 3.97. The van der Waals surface area contributed by atoms with Crippen molar-refractivity contribution in [2.75, 3.05) is 19.6 Å². The Labute approximate surface area is 119 Å². The number of rotatable bonds is 6.